The van der Waals surface area contributed by atoms with E-state index in [1.165, 1.54) is 16.9 Å². The van der Waals surface area contributed by atoms with Crippen LogP contribution in [-0.4, -0.2) is 46.1 Å². The summed E-state index contributed by atoms with van der Waals surface area (Å²) in [5.74, 6) is -0.650. The Balaban J connectivity index is 1.61. The summed E-state index contributed by atoms with van der Waals surface area (Å²) in [6, 6.07) is 6.26. The van der Waals surface area contributed by atoms with Crippen molar-refractivity contribution in [3.8, 4) is 5.69 Å². The first kappa shape index (κ1) is 17.1. The van der Waals surface area contributed by atoms with Crippen LogP contribution in [0.4, 0.5) is 4.39 Å². The smallest absolute Gasteiger partial charge is 0.254 e. The zero-order valence-corrected chi connectivity index (χ0v) is 14.2. The van der Waals surface area contributed by atoms with Crippen molar-refractivity contribution in [1.29, 1.82) is 0 Å². The van der Waals surface area contributed by atoms with Crippen LogP contribution in [0.3, 0.4) is 0 Å². The van der Waals surface area contributed by atoms with Crippen LogP contribution in [0, 0.1) is 12.7 Å². The molecule has 1 aromatic heterocycles. The van der Waals surface area contributed by atoms with Gasteiger partial charge in [0, 0.05) is 26.1 Å². The molecule has 132 valence electrons. The molecule has 3 rings (SSSR count). The summed E-state index contributed by atoms with van der Waals surface area (Å²) < 4.78 is 15.3. The summed E-state index contributed by atoms with van der Waals surface area (Å²) >= 11 is 0. The Morgan fingerprint density at radius 3 is 2.68 bits per heavy atom. The van der Waals surface area contributed by atoms with Crippen LogP contribution in [0.15, 0.2) is 30.5 Å². The lowest BCUT2D eigenvalue weighted by atomic mass is 10.2. The zero-order chi connectivity index (χ0) is 17.8. The molecule has 2 heterocycles. The van der Waals surface area contributed by atoms with E-state index in [-0.39, 0.29) is 24.8 Å². The molecule has 0 atom stereocenters. The summed E-state index contributed by atoms with van der Waals surface area (Å²) in [4.78, 5) is 26.1. The number of rotatable bonds is 5. The molecule has 2 aromatic rings. The maximum atomic E-state index is 13.9. The number of nitrogens with zero attached hydrogens (tertiary/aromatic N) is 3. The molecule has 0 saturated carbocycles. The van der Waals surface area contributed by atoms with Gasteiger partial charge in [-0.05, 0) is 31.9 Å². The van der Waals surface area contributed by atoms with E-state index in [0.29, 0.717) is 16.9 Å². The van der Waals surface area contributed by atoms with Gasteiger partial charge in [-0.1, -0.05) is 12.1 Å². The standard InChI is InChI=1S/C18H21FN4O2/c1-13-14(12-21-23(13)16-7-3-2-6-15(16)19)18(25)20-9-8-17(24)22-10-4-5-11-22/h2-3,6-7,12H,4-5,8-11H2,1H3,(H,20,25). The average molecular weight is 344 g/mol. The molecule has 1 aromatic carbocycles. The lowest BCUT2D eigenvalue weighted by Gasteiger charge is -2.15. The van der Waals surface area contributed by atoms with Crippen LogP contribution in [0.5, 0.6) is 0 Å². The lowest BCUT2D eigenvalue weighted by Crippen LogP contribution is -2.32. The topological polar surface area (TPSA) is 67.2 Å². The Bertz CT molecular complexity index is 781. The molecule has 6 nitrogen and oxygen atoms in total. The SMILES string of the molecule is Cc1c(C(=O)NCCC(=O)N2CCCC2)cnn1-c1ccccc1F. The van der Waals surface area contributed by atoms with Crippen molar-refractivity contribution >= 4 is 11.8 Å². The molecule has 1 saturated heterocycles. The second-order valence-electron chi connectivity index (χ2n) is 6.10. The Hall–Kier alpha value is -2.70. The number of halogens is 1. The van der Waals surface area contributed by atoms with Crippen LogP contribution in [0.1, 0.15) is 35.3 Å². The number of carbonyl (C=O) groups excluding carboxylic acids is 2. The Labute approximate surface area is 145 Å². The summed E-state index contributed by atoms with van der Waals surface area (Å²) in [7, 11) is 0. The maximum absolute atomic E-state index is 13.9. The fourth-order valence-electron chi connectivity index (χ4n) is 3.00. The zero-order valence-electron chi connectivity index (χ0n) is 14.2. The van der Waals surface area contributed by atoms with Crippen LogP contribution in [-0.2, 0) is 4.79 Å². The third-order valence-corrected chi connectivity index (χ3v) is 4.42. The number of nitrogens with one attached hydrogen (secondary N) is 1. The first-order valence-electron chi connectivity index (χ1n) is 8.43. The number of hydrogen-bond acceptors (Lipinski definition) is 3. The monoisotopic (exact) mass is 344 g/mol. The minimum absolute atomic E-state index is 0.0663. The molecule has 0 unspecified atom stereocenters. The molecular formula is C18H21FN4O2. The van der Waals surface area contributed by atoms with Gasteiger partial charge in [0.15, 0.2) is 0 Å². The van der Waals surface area contributed by atoms with Crippen LogP contribution in [0.25, 0.3) is 5.69 Å². The molecule has 0 radical (unpaired) electrons. The van der Waals surface area contributed by atoms with Crippen molar-refractivity contribution in [2.45, 2.75) is 26.2 Å². The molecule has 0 spiro atoms. The van der Waals surface area contributed by atoms with Crippen molar-refractivity contribution in [3.63, 3.8) is 0 Å². The lowest BCUT2D eigenvalue weighted by molar-refractivity contribution is -0.129. The van der Waals surface area contributed by atoms with Gasteiger partial charge in [-0.3, -0.25) is 9.59 Å². The van der Waals surface area contributed by atoms with Gasteiger partial charge in [-0.2, -0.15) is 5.10 Å². The highest BCUT2D eigenvalue weighted by molar-refractivity contribution is 5.95. The number of hydrogen-bond donors (Lipinski definition) is 1. The third-order valence-electron chi connectivity index (χ3n) is 4.42. The summed E-state index contributed by atoms with van der Waals surface area (Å²) in [6.45, 7) is 3.60. The van der Waals surface area contributed by atoms with Crippen molar-refractivity contribution in [2.24, 2.45) is 0 Å². The first-order valence-corrected chi connectivity index (χ1v) is 8.43. The first-order chi connectivity index (χ1) is 12.1. The molecule has 2 amide bonds. The highest BCUT2D eigenvalue weighted by Crippen LogP contribution is 2.17. The second kappa shape index (κ2) is 7.46. The minimum Gasteiger partial charge on any atom is -0.351 e. The predicted octanol–water partition coefficient (Wildman–Crippen LogP) is 2.06. The molecule has 1 aliphatic rings. The van der Waals surface area contributed by atoms with Crippen LogP contribution < -0.4 is 5.32 Å². The quantitative estimate of drug-likeness (QED) is 0.903. The van der Waals surface area contributed by atoms with Gasteiger partial charge in [0.25, 0.3) is 5.91 Å². The number of para-hydroxylation sites is 1. The number of aromatic nitrogens is 2. The third kappa shape index (κ3) is 3.70. The van der Waals surface area contributed by atoms with Crippen molar-refractivity contribution in [1.82, 2.24) is 20.0 Å². The van der Waals surface area contributed by atoms with Gasteiger partial charge in [-0.15, -0.1) is 0 Å². The minimum atomic E-state index is -0.406. The largest absolute Gasteiger partial charge is 0.351 e. The fraction of sp³-hybridized carbons (Fsp3) is 0.389. The highest BCUT2D eigenvalue weighted by Gasteiger charge is 2.19. The van der Waals surface area contributed by atoms with E-state index >= 15 is 0 Å². The molecule has 0 aliphatic carbocycles. The van der Waals surface area contributed by atoms with E-state index < -0.39 is 5.82 Å². The van der Waals surface area contributed by atoms with E-state index in [1.807, 2.05) is 4.90 Å². The maximum Gasteiger partial charge on any atom is 0.254 e. The highest BCUT2D eigenvalue weighted by atomic mass is 19.1. The molecule has 7 heteroatoms. The molecular weight excluding hydrogens is 323 g/mol. The van der Waals surface area contributed by atoms with E-state index in [2.05, 4.69) is 10.4 Å². The van der Waals surface area contributed by atoms with E-state index in [9.17, 15) is 14.0 Å². The van der Waals surface area contributed by atoms with Gasteiger partial charge in [-0.25, -0.2) is 9.07 Å². The predicted molar refractivity (Wildman–Crippen MR) is 91.0 cm³/mol. The molecule has 1 aliphatic heterocycles. The summed E-state index contributed by atoms with van der Waals surface area (Å²) in [5.41, 5.74) is 1.22. The van der Waals surface area contributed by atoms with Crippen molar-refractivity contribution < 1.29 is 14.0 Å². The van der Waals surface area contributed by atoms with Crippen molar-refractivity contribution in [3.05, 3.63) is 47.5 Å². The van der Waals surface area contributed by atoms with Gasteiger partial charge in [0.05, 0.1) is 17.5 Å². The van der Waals surface area contributed by atoms with E-state index in [1.54, 1.807) is 25.1 Å². The van der Waals surface area contributed by atoms with Gasteiger partial charge < -0.3 is 10.2 Å². The molecule has 1 fully saturated rings. The Morgan fingerprint density at radius 2 is 1.96 bits per heavy atom. The number of likely N-dealkylation sites (tertiary alicyclic amines) is 1. The van der Waals surface area contributed by atoms with E-state index in [0.717, 1.165) is 25.9 Å². The van der Waals surface area contributed by atoms with Gasteiger partial charge in [0.2, 0.25) is 5.91 Å². The Kier molecular flexibility index (Phi) is 5.11. The normalized spacial score (nSPS) is 13.9. The average Bonchev–Trinajstić information content (AvgIpc) is 3.25. The number of carbonyl (C=O) groups is 2. The van der Waals surface area contributed by atoms with Crippen LogP contribution in [0.2, 0.25) is 0 Å². The fourth-order valence-corrected chi connectivity index (χ4v) is 3.00. The summed E-state index contributed by atoms with van der Waals surface area (Å²) in [6.07, 6.45) is 3.80. The van der Waals surface area contributed by atoms with Gasteiger partial charge in [0.1, 0.15) is 11.5 Å². The summed E-state index contributed by atoms with van der Waals surface area (Å²) in [5, 5.41) is 6.85. The second-order valence-corrected chi connectivity index (χ2v) is 6.10. The Morgan fingerprint density at radius 1 is 1.24 bits per heavy atom. The van der Waals surface area contributed by atoms with Crippen LogP contribution >= 0.6 is 0 Å². The number of amides is 2. The molecule has 25 heavy (non-hydrogen) atoms. The van der Waals surface area contributed by atoms with Crippen molar-refractivity contribution in [2.75, 3.05) is 19.6 Å². The number of benzene rings is 1. The molecule has 0 bridgehead atoms. The van der Waals surface area contributed by atoms with Gasteiger partial charge >= 0.3 is 0 Å². The van der Waals surface area contributed by atoms with E-state index in [4.69, 9.17) is 0 Å². The molecule has 1 N–H and O–H groups in total.